The second-order valence-electron chi connectivity index (χ2n) is 4.80. The number of hydrogen-bond donors (Lipinski definition) is 1. The minimum absolute atomic E-state index is 0.122. The van der Waals surface area contributed by atoms with Crippen LogP contribution in [-0.4, -0.2) is 19.1 Å². The minimum Gasteiger partial charge on any atom is -0.373 e. The molecule has 0 aliphatic heterocycles. The molecule has 0 radical (unpaired) electrons. The third-order valence-electron chi connectivity index (χ3n) is 3.44. The van der Waals surface area contributed by atoms with Crippen molar-refractivity contribution in [1.29, 1.82) is 0 Å². The van der Waals surface area contributed by atoms with E-state index in [4.69, 9.17) is 4.74 Å². The molecule has 0 bridgehead atoms. The van der Waals surface area contributed by atoms with Crippen molar-refractivity contribution in [3.8, 4) is 0 Å². The summed E-state index contributed by atoms with van der Waals surface area (Å²) in [4.78, 5) is 11.0. The predicted molar refractivity (Wildman–Crippen MR) is 75.9 cm³/mol. The van der Waals surface area contributed by atoms with Crippen LogP contribution in [-0.2, 0) is 16.0 Å². The summed E-state index contributed by atoms with van der Waals surface area (Å²) in [6.45, 7) is 4.73. The Kier molecular flexibility index (Phi) is 5.16. The Morgan fingerprint density at radius 3 is 3.16 bits per heavy atom. The molecular formula is C16H21NO2. The van der Waals surface area contributed by atoms with Crippen LogP contribution in [0.3, 0.4) is 0 Å². The number of hydrogen-bond acceptors (Lipinski definition) is 2. The monoisotopic (exact) mass is 259 g/mol. The van der Waals surface area contributed by atoms with E-state index in [0.29, 0.717) is 13.2 Å². The van der Waals surface area contributed by atoms with Gasteiger partial charge in [0, 0.05) is 13.2 Å². The summed E-state index contributed by atoms with van der Waals surface area (Å²) in [5, 5.41) is 2.75. The van der Waals surface area contributed by atoms with Crippen molar-refractivity contribution in [1.82, 2.24) is 5.32 Å². The van der Waals surface area contributed by atoms with E-state index in [1.807, 2.05) is 0 Å². The van der Waals surface area contributed by atoms with Crippen LogP contribution in [0.15, 0.2) is 36.9 Å². The number of carbonyl (C=O) groups excluding carboxylic acids is 1. The van der Waals surface area contributed by atoms with Crippen molar-refractivity contribution in [2.24, 2.45) is 0 Å². The van der Waals surface area contributed by atoms with E-state index in [-0.39, 0.29) is 12.0 Å². The van der Waals surface area contributed by atoms with E-state index in [0.717, 1.165) is 19.3 Å². The van der Waals surface area contributed by atoms with Crippen LogP contribution in [0.4, 0.5) is 0 Å². The molecule has 0 fully saturated rings. The Morgan fingerprint density at radius 1 is 1.47 bits per heavy atom. The molecule has 0 heterocycles. The van der Waals surface area contributed by atoms with Gasteiger partial charge in [-0.15, -0.1) is 0 Å². The van der Waals surface area contributed by atoms with Crippen molar-refractivity contribution >= 4 is 5.91 Å². The van der Waals surface area contributed by atoms with Crippen molar-refractivity contribution in [2.75, 3.05) is 13.2 Å². The molecule has 1 amide bonds. The maximum Gasteiger partial charge on any atom is 0.243 e. The first-order chi connectivity index (χ1) is 9.31. The predicted octanol–water partition coefficient (Wildman–Crippen LogP) is 2.77. The lowest BCUT2D eigenvalue weighted by Crippen LogP contribution is -2.23. The van der Waals surface area contributed by atoms with Gasteiger partial charge in [-0.2, -0.15) is 0 Å². The summed E-state index contributed by atoms with van der Waals surface area (Å²) in [5.74, 6) is -0.122. The maximum atomic E-state index is 11.0. The van der Waals surface area contributed by atoms with Crippen molar-refractivity contribution in [3.05, 3.63) is 48.0 Å². The van der Waals surface area contributed by atoms with Gasteiger partial charge in [-0.25, -0.2) is 0 Å². The Morgan fingerprint density at radius 2 is 2.32 bits per heavy atom. The number of amides is 1. The van der Waals surface area contributed by atoms with Crippen LogP contribution >= 0.6 is 0 Å². The smallest absolute Gasteiger partial charge is 0.243 e. The molecule has 1 aliphatic carbocycles. The molecule has 0 unspecified atom stereocenters. The fourth-order valence-corrected chi connectivity index (χ4v) is 2.46. The molecule has 0 saturated carbocycles. The van der Waals surface area contributed by atoms with Crippen LogP contribution in [0.1, 0.15) is 36.5 Å². The molecule has 1 atom stereocenters. The highest BCUT2D eigenvalue weighted by Gasteiger charge is 2.19. The molecule has 1 N–H and O–H groups in total. The standard InChI is InChI=1S/C16H21NO2/c1-2-16(18)17-11-6-12-19-15-10-5-8-13-7-3-4-9-14(13)15/h2-4,7,9,15H,1,5-6,8,10-12H2,(H,17,18)/t15-/m1/s1. The molecular weight excluding hydrogens is 238 g/mol. The SMILES string of the molecule is C=CC(=O)NCCCO[C@@H]1CCCc2ccccc21. The average Bonchev–Trinajstić information content (AvgIpc) is 2.46. The normalized spacial score (nSPS) is 17.6. The summed E-state index contributed by atoms with van der Waals surface area (Å²) in [5.41, 5.74) is 2.75. The van der Waals surface area contributed by atoms with Crippen LogP contribution in [0, 0.1) is 0 Å². The van der Waals surface area contributed by atoms with E-state index >= 15 is 0 Å². The fraction of sp³-hybridized carbons (Fsp3) is 0.438. The Hall–Kier alpha value is -1.61. The summed E-state index contributed by atoms with van der Waals surface area (Å²) in [7, 11) is 0. The van der Waals surface area contributed by atoms with E-state index in [2.05, 4.69) is 36.2 Å². The summed E-state index contributed by atoms with van der Waals surface area (Å²) in [6, 6.07) is 8.52. The van der Waals surface area contributed by atoms with Crippen LogP contribution < -0.4 is 5.32 Å². The van der Waals surface area contributed by atoms with Crippen molar-refractivity contribution in [3.63, 3.8) is 0 Å². The van der Waals surface area contributed by atoms with E-state index in [1.54, 1.807) is 0 Å². The molecule has 0 spiro atoms. The zero-order valence-corrected chi connectivity index (χ0v) is 11.2. The molecule has 3 nitrogen and oxygen atoms in total. The van der Waals surface area contributed by atoms with E-state index in [1.165, 1.54) is 23.6 Å². The van der Waals surface area contributed by atoms with Gasteiger partial charge in [0.05, 0.1) is 6.10 Å². The Bertz CT molecular complexity index is 442. The van der Waals surface area contributed by atoms with Gasteiger partial charge in [-0.1, -0.05) is 30.8 Å². The lowest BCUT2D eigenvalue weighted by Gasteiger charge is -2.25. The molecule has 102 valence electrons. The molecule has 1 aromatic rings. The molecule has 0 aromatic heterocycles. The second kappa shape index (κ2) is 7.10. The highest BCUT2D eigenvalue weighted by atomic mass is 16.5. The summed E-state index contributed by atoms with van der Waals surface area (Å²) >= 11 is 0. The first-order valence-corrected chi connectivity index (χ1v) is 6.91. The molecule has 0 saturated heterocycles. The van der Waals surface area contributed by atoms with Gasteiger partial charge < -0.3 is 10.1 Å². The number of benzene rings is 1. The maximum absolute atomic E-state index is 11.0. The van der Waals surface area contributed by atoms with Gasteiger partial charge in [0.25, 0.3) is 0 Å². The molecule has 19 heavy (non-hydrogen) atoms. The Labute approximate surface area is 114 Å². The van der Waals surface area contributed by atoms with E-state index in [9.17, 15) is 4.79 Å². The highest BCUT2D eigenvalue weighted by Crippen LogP contribution is 2.32. The summed E-state index contributed by atoms with van der Waals surface area (Å²) in [6.07, 6.45) is 5.78. The molecule has 1 aliphatic rings. The first kappa shape index (κ1) is 13.8. The minimum atomic E-state index is -0.122. The fourth-order valence-electron chi connectivity index (χ4n) is 2.46. The largest absolute Gasteiger partial charge is 0.373 e. The third-order valence-corrected chi connectivity index (χ3v) is 3.44. The van der Waals surface area contributed by atoms with Gasteiger partial charge >= 0.3 is 0 Å². The number of aryl methyl sites for hydroxylation is 1. The molecule has 1 aromatic carbocycles. The molecule has 2 rings (SSSR count). The van der Waals surface area contributed by atoms with Gasteiger partial charge in [-0.3, -0.25) is 4.79 Å². The van der Waals surface area contributed by atoms with Crippen molar-refractivity contribution in [2.45, 2.75) is 31.8 Å². The van der Waals surface area contributed by atoms with Gasteiger partial charge in [0.2, 0.25) is 5.91 Å². The quantitative estimate of drug-likeness (QED) is 0.630. The number of nitrogens with one attached hydrogen (secondary N) is 1. The zero-order chi connectivity index (χ0) is 13.5. The van der Waals surface area contributed by atoms with Gasteiger partial charge in [-0.05, 0) is 42.9 Å². The zero-order valence-electron chi connectivity index (χ0n) is 11.2. The second-order valence-corrected chi connectivity index (χ2v) is 4.80. The number of rotatable bonds is 6. The third kappa shape index (κ3) is 3.93. The van der Waals surface area contributed by atoms with Gasteiger partial charge in [0.15, 0.2) is 0 Å². The van der Waals surface area contributed by atoms with Crippen LogP contribution in [0.2, 0.25) is 0 Å². The highest BCUT2D eigenvalue weighted by molar-refractivity contribution is 5.86. The topological polar surface area (TPSA) is 38.3 Å². The average molecular weight is 259 g/mol. The lowest BCUT2D eigenvalue weighted by molar-refractivity contribution is -0.116. The first-order valence-electron chi connectivity index (χ1n) is 6.91. The summed E-state index contributed by atoms with van der Waals surface area (Å²) < 4.78 is 5.95. The van der Waals surface area contributed by atoms with Crippen LogP contribution in [0.5, 0.6) is 0 Å². The lowest BCUT2D eigenvalue weighted by atomic mass is 9.89. The van der Waals surface area contributed by atoms with Crippen LogP contribution in [0.25, 0.3) is 0 Å². The Balaban J connectivity index is 1.75. The number of ether oxygens (including phenoxy) is 1. The number of fused-ring (bicyclic) bond motifs is 1. The van der Waals surface area contributed by atoms with Crippen molar-refractivity contribution < 1.29 is 9.53 Å². The van der Waals surface area contributed by atoms with Gasteiger partial charge in [0.1, 0.15) is 0 Å². The van der Waals surface area contributed by atoms with E-state index < -0.39 is 0 Å². The number of carbonyl (C=O) groups is 1. The molecule has 3 heteroatoms.